The molecule has 6 rings (SSSR count). The third kappa shape index (κ3) is 5.57. The molecule has 1 saturated carbocycles. The summed E-state index contributed by atoms with van der Waals surface area (Å²) in [4.78, 5) is 18.2. The van der Waals surface area contributed by atoms with Gasteiger partial charge in [-0.05, 0) is 86.1 Å². The van der Waals surface area contributed by atoms with Crippen molar-refractivity contribution in [3.63, 3.8) is 0 Å². The van der Waals surface area contributed by atoms with Gasteiger partial charge in [-0.15, -0.1) is 0 Å². The van der Waals surface area contributed by atoms with E-state index in [-0.39, 0.29) is 23.8 Å². The van der Waals surface area contributed by atoms with Gasteiger partial charge in [-0.3, -0.25) is 4.79 Å². The molecule has 1 amide bonds. The number of nitrogens with zero attached hydrogens (tertiary/aromatic N) is 2. The Labute approximate surface area is 231 Å². The maximum absolute atomic E-state index is 13.6. The van der Waals surface area contributed by atoms with Crippen LogP contribution < -0.4 is 15.1 Å². The summed E-state index contributed by atoms with van der Waals surface area (Å²) in [5.41, 5.74) is 6.38. The minimum atomic E-state index is -2.96. The molecule has 206 valence electrons. The van der Waals surface area contributed by atoms with Gasteiger partial charge in [0.15, 0.2) is 9.84 Å². The summed E-state index contributed by atoms with van der Waals surface area (Å²) in [5.74, 6) is 3.39. The largest absolute Gasteiger partial charge is 0.464 e. The number of carbonyl (C=O) groups excluding carboxylic acids is 1. The van der Waals surface area contributed by atoms with Crippen molar-refractivity contribution in [1.29, 1.82) is 0 Å². The number of hydrogen-bond donors (Lipinski definition) is 1. The van der Waals surface area contributed by atoms with Gasteiger partial charge in [0.25, 0.3) is 0 Å². The zero-order chi connectivity index (χ0) is 27.3. The predicted molar refractivity (Wildman–Crippen MR) is 154 cm³/mol. The number of amides is 1. The highest BCUT2D eigenvalue weighted by atomic mass is 32.2. The molecule has 0 bridgehead atoms. The van der Waals surface area contributed by atoms with Crippen molar-refractivity contribution in [1.82, 2.24) is 5.32 Å². The third-order valence-electron chi connectivity index (χ3n) is 8.56. The minimum Gasteiger partial charge on any atom is -0.464 e. The second-order valence-electron chi connectivity index (χ2n) is 11.6. The fourth-order valence-electron chi connectivity index (χ4n) is 6.08. The molecule has 3 heterocycles. The van der Waals surface area contributed by atoms with Crippen LogP contribution >= 0.6 is 0 Å². The molecule has 3 fully saturated rings. The zero-order valence-electron chi connectivity index (χ0n) is 22.9. The Morgan fingerprint density at radius 2 is 1.72 bits per heavy atom. The van der Waals surface area contributed by atoms with Gasteiger partial charge in [-0.1, -0.05) is 18.2 Å². The summed E-state index contributed by atoms with van der Waals surface area (Å²) in [6, 6.07) is 16.1. The van der Waals surface area contributed by atoms with Gasteiger partial charge in [0, 0.05) is 43.1 Å². The highest BCUT2D eigenvalue weighted by Crippen LogP contribution is 2.47. The minimum absolute atomic E-state index is 0.0775. The predicted octanol–water partition coefficient (Wildman–Crippen LogP) is 4.34. The van der Waals surface area contributed by atoms with E-state index in [1.807, 2.05) is 44.2 Å². The molecule has 2 aliphatic heterocycles. The average molecular weight is 548 g/mol. The van der Waals surface area contributed by atoms with E-state index in [2.05, 4.69) is 40.2 Å². The van der Waals surface area contributed by atoms with Crippen LogP contribution in [0.5, 0.6) is 0 Å². The Kier molecular flexibility index (Phi) is 6.69. The monoisotopic (exact) mass is 547 g/mol. The molecule has 2 aromatic carbocycles. The Morgan fingerprint density at radius 3 is 2.41 bits per heavy atom. The number of rotatable bonds is 7. The fraction of sp³-hybridized carbons (Fsp3) is 0.452. The summed E-state index contributed by atoms with van der Waals surface area (Å²) < 4.78 is 29.9. The maximum atomic E-state index is 13.6. The summed E-state index contributed by atoms with van der Waals surface area (Å²) in [6.45, 7) is 9.15. The second-order valence-corrected chi connectivity index (χ2v) is 13.9. The van der Waals surface area contributed by atoms with Crippen molar-refractivity contribution < 1.29 is 17.6 Å². The first-order valence-corrected chi connectivity index (χ1v) is 15.7. The van der Waals surface area contributed by atoms with Gasteiger partial charge in [-0.2, -0.15) is 0 Å². The number of carbonyl (C=O) groups is 1. The number of nitrogens with one attached hydrogen (secondary N) is 1. The Morgan fingerprint density at radius 1 is 0.974 bits per heavy atom. The molecule has 0 spiro atoms. The van der Waals surface area contributed by atoms with E-state index in [9.17, 15) is 13.2 Å². The molecular weight excluding hydrogens is 510 g/mol. The lowest BCUT2D eigenvalue weighted by Gasteiger charge is -2.29. The third-order valence-corrected chi connectivity index (χ3v) is 10.2. The van der Waals surface area contributed by atoms with Crippen LogP contribution in [-0.4, -0.2) is 52.0 Å². The van der Waals surface area contributed by atoms with Crippen molar-refractivity contribution in [3.05, 3.63) is 82.3 Å². The van der Waals surface area contributed by atoms with Crippen LogP contribution in [-0.2, 0) is 21.1 Å². The molecule has 1 aliphatic carbocycles. The van der Waals surface area contributed by atoms with Crippen molar-refractivity contribution in [2.75, 3.05) is 47.5 Å². The topological polar surface area (TPSA) is 82.9 Å². The first-order chi connectivity index (χ1) is 18.6. The van der Waals surface area contributed by atoms with Crippen LogP contribution in [0.2, 0.25) is 0 Å². The van der Waals surface area contributed by atoms with E-state index in [0.717, 1.165) is 58.8 Å². The Balaban J connectivity index is 1.25. The van der Waals surface area contributed by atoms with Gasteiger partial charge < -0.3 is 19.5 Å². The number of piperidine rings is 1. The van der Waals surface area contributed by atoms with E-state index >= 15 is 0 Å². The number of aryl methyl sites for hydroxylation is 3. The van der Waals surface area contributed by atoms with E-state index < -0.39 is 15.9 Å². The zero-order valence-corrected chi connectivity index (χ0v) is 23.8. The highest BCUT2D eigenvalue weighted by molar-refractivity contribution is 7.91. The van der Waals surface area contributed by atoms with Crippen LogP contribution in [0.15, 0.2) is 52.9 Å². The molecule has 3 unspecified atom stereocenters. The molecule has 39 heavy (non-hydrogen) atoms. The SMILES string of the molecule is Cc1ccc(C(NC(=O)Cc2cc(N3CCS(=O)(=O)CC3)ccc2C)c2ccc(C)o2)c(N2CC3CC3C2)c1. The van der Waals surface area contributed by atoms with Crippen LogP contribution in [0.3, 0.4) is 0 Å². The number of anilines is 2. The summed E-state index contributed by atoms with van der Waals surface area (Å²) in [6.07, 6.45) is 1.57. The molecule has 8 heteroatoms. The van der Waals surface area contributed by atoms with Crippen molar-refractivity contribution >= 4 is 27.1 Å². The Hall–Kier alpha value is -3.26. The van der Waals surface area contributed by atoms with E-state index in [1.54, 1.807) is 0 Å². The fourth-order valence-corrected chi connectivity index (χ4v) is 7.28. The number of hydrogen-bond acceptors (Lipinski definition) is 6. The smallest absolute Gasteiger partial charge is 0.225 e. The van der Waals surface area contributed by atoms with Gasteiger partial charge in [-0.25, -0.2) is 8.42 Å². The Bertz CT molecular complexity index is 1490. The maximum Gasteiger partial charge on any atom is 0.225 e. The lowest BCUT2D eigenvalue weighted by Crippen LogP contribution is -2.40. The van der Waals surface area contributed by atoms with Gasteiger partial charge in [0.2, 0.25) is 5.91 Å². The molecule has 7 nitrogen and oxygen atoms in total. The standard InChI is InChI=1S/C31H37N3O4S/c1-20-4-8-27(28(14-20)34-18-24-15-25(24)19-34)31(29-9-6-22(3)38-29)32-30(35)17-23-16-26(7-5-21(23)2)33-10-12-39(36,37)13-11-33/h4-9,14,16,24-25,31H,10-13,15,17-19H2,1-3H3,(H,32,35). The molecule has 3 aromatic rings. The molecule has 1 aromatic heterocycles. The summed E-state index contributed by atoms with van der Waals surface area (Å²) in [7, 11) is -2.96. The number of furan rings is 1. The van der Waals surface area contributed by atoms with Crippen LogP contribution in [0.1, 0.15) is 46.2 Å². The van der Waals surface area contributed by atoms with Crippen LogP contribution in [0.4, 0.5) is 11.4 Å². The van der Waals surface area contributed by atoms with Gasteiger partial charge in [0.1, 0.15) is 17.6 Å². The number of fused-ring (bicyclic) bond motifs is 1. The van der Waals surface area contributed by atoms with Crippen molar-refractivity contribution in [2.45, 2.75) is 39.7 Å². The first-order valence-electron chi connectivity index (χ1n) is 13.9. The molecule has 3 aliphatic rings. The molecule has 3 atom stereocenters. The van der Waals surface area contributed by atoms with E-state index in [4.69, 9.17) is 4.42 Å². The van der Waals surface area contributed by atoms with Gasteiger partial charge in [0.05, 0.1) is 17.9 Å². The summed E-state index contributed by atoms with van der Waals surface area (Å²) >= 11 is 0. The van der Waals surface area contributed by atoms with Crippen LogP contribution in [0.25, 0.3) is 0 Å². The van der Waals surface area contributed by atoms with E-state index in [1.165, 1.54) is 17.7 Å². The second kappa shape index (κ2) is 10.0. The lowest BCUT2D eigenvalue weighted by atomic mass is 9.98. The normalized spacial score (nSPS) is 22.4. The summed E-state index contributed by atoms with van der Waals surface area (Å²) in [5, 5.41) is 3.30. The average Bonchev–Trinajstić information content (AvgIpc) is 3.27. The van der Waals surface area contributed by atoms with E-state index in [0.29, 0.717) is 13.1 Å². The molecule has 2 saturated heterocycles. The van der Waals surface area contributed by atoms with Gasteiger partial charge >= 0.3 is 0 Å². The highest BCUT2D eigenvalue weighted by Gasteiger charge is 2.45. The molecule has 0 radical (unpaired) electrons. The quantitative estimate of drug-likeness (QED) is 0.474. The first kappa shape index (κ1) is 26.0. The number of sulfone groups is 1. The van der Waals surface area contributed by atoms with Crippen LogP contribution in [0, 0.1) is 32.6 Å². The lowest BCUT2D eigenvalue weighted by molar-refractivity contribution is -0.121. The van der Waals surface area contributed by atoms with Crippen molar-refractivity contribution in [3.8, 4) is 0 Å². The molecule has 1 N–H and O–H groups in total. The van der Waals surface area contributed by atoms with Crippen molar-refractivity contribution in [2.24, 2.45) is 11.8 Å². The number of benzene rings is 2. The molecular formula is C31H37N3O4S.